The molecule has 0 amide bonds. The molecule has 2 rings (SSSR count). The number of nitrogens with zero attached hydrogens (tertiary/aromatic N) is 3. The van der Waals surface area contributed by atoms with Gasteiger partial charge in [-0.15, -0.1) is 0 Å². The molecule has 1 aromatic carbocycles. The summed E-state index contributed by atoms with van der Waals surface area (Å²) in [5.74, 6) is 0.809. The minimum absolute atomic E-state index is 0.268. The maximum Gasteiger partial charge on any atom is 0.119 e. The van der Waals surface area contributed by atoms with Gasteiger partial charge in [0, 0.05) is 38.8 Å². The number of benzene rings is 1. The quantitative estimate of drug-likeness (QED) is 0.830. The molecule has 1 aliphatic rings. The molecule has 2 atom stereocenters. The maximum absolute atomic E-state index is 9.59. The van der Waals surface area contributed by atoms with Gasteiger partial charge in [-0.3, -0.25) is 9.80 Å². The molecule has 1 N–H and O–H groups in total. The molecule has 126 valence electrons. The molecule has 0 bridgehead atoms. The summed E-state index contributed by atoms with van der Waals surface area (Å²) in [5.41, 5.74) is 0.650. The molecule has 1 saturated heterocycles. The van der Waals surface area contributed by atoms with E-state index >= 15 is 0 Å². The van der Waals surface area contributed by atoms with E-state index in [9.17, 15) is 5.11 Å². The zero-order valence-electron chi connectivity index (χ0n) is 14.1. The largest absolute Gasteiger partial charge is 0.492 e. The fourth-order valence-electron chi connectivity index (χ4n) is 3.05. The van der Waals surface area contributed by atoms with E-state index in [1.54, 1.807) is 12.1 Å². The molecule has 1 aliphatic heterocycles. The lowest BCUT2D eigenvalue weighted by molar-refractivity contribution is 0.0322. The Hall–Kier alpha value is -1.61. The Morgan fingerprint density at radius 3 is 2.70 bits per heavy atom. The van der Waals surface area contributed by atoms with Crippen LogP contribution in [0.4, 0.5) is 0 Å². The summed E-state index contributed by atoms with van der Waals surface area (Å²) in [5, 5.41) is 18.4. The highest BCUT2D eigenvalue weighted by Crippen LogP contribution is 2.14. The van der Waals surface area contributed by atoms with Crippen molar-refractivity contribution in [3.63, 3.8) is 0 Å². The van der Waals surface area contributed by atoms with Gasteiger partial charge in [0.2, 0.25) is 0 Å². The number of β-amino-alcohol motifs (C(OH)–C–C–N with tert-alkyl or cyclic N) is 1. The van der Waals surface area contributed by atoms with Crippen LogP contribution in [0.2, 0.25) is 0 Å². The second-order valence-corrected chi connectivity index (χ2v) is 6.19. The van der Waals surface area contributed by atoms with Gasteiger partial charge in [-0.1, -0.05) is 6.92 Å². The zero-order chi connectivity index (χ0) is 16.7. The van der Waals surface area contributed by atoms with Crippen LogP contribution in [0.3, 0.4) is 0 Å². The van der Waals surface area contributed by atoms with Crippen LogP contribution in [-0.4, -0.2) is 66.4 Å². The number of aliphatic hydroxyl groups excluding tert-OH is 1. The third-order valence-electron chi connectivity index (χ3n) is 4.32. The van der Waals surface area contributed by atoms with Crippen molar-refractivity contribution in [2.75, 3.05) is 39.3 Å². The summed E-state index contributed by atoms with van der Waals surface area (Å²) in [4.78, 5) is 4.82. The molecule has 1 aromatic rings. The smallest absolute Gasteiger partial charge is 0.119 e. The van der Waals surface area contributed by atoms with E-state index in [-0.39, 0.29) is 6.10 Å². The van der Waals surface area contributed by atoms with Crippen LogP contribution in [0.1, 0.15) is 25.8 Å². The number of piperazine rings is 1. The number of hydrogen-bond donors (Lipinski definition) is 1. The van der Waals surface area contributed by atoms with Gasteiger partial charge in [0.1, 0.15) is 12.4 Å². The van der Waals surface area contributed by atoms with Gasteiger partial charge in [0.25, 0.3) is 0 Å². The fourth-order valence-corrected chi connectivity index (χ4v) is 3.05. The maximum atomic E-state index is 9.59. The van der Waals surface area contributed by atoms with Gasteiger partial charge >= 0.3 is 0 Å². The topological polar surface area (TPSA) is 59.7 Å². The van der Waals surface area contributed by atoms with Gasteiger partial charge in [0.05, 0.1) is 17.7 Å². The molecule has 5 nitrogen and oxygen atoms in total. The minimum atomic E-state index is -0.268. The van der Waals surface area contributed by atoms with Crippen molar-refractivity contribution in [2.24, 2.45) is 0 Å². The second kappa shape index (κ2) is 8.88. The van der Waals surface area contributed by atoms with Gasteiger partial charge in [-0.25, -0.2) is 0 Å². The predicted molar refractivity (Wildman–Crippen MR) is 90.4 cm³/mol. The van der Waals surface area contributed by atoms with E-state index in [1.807, 2.05) is 19.1 Å². The van der Waals surface area contributed by atoms with E-state index in [0.717, 1.165) is 44.9 Å². The third kappa shape index (κ3) is 5.51. The molecule has 0 spiro atoms. The monoisotopic (exact) mass is 317 g/mol. The number of aliphatic hydroxyl groups is 1. The summed E-state index contributed by atoms with van der Waals surface area (Å²) < 4.78 is 5.76. The van der Waals surface area contributed by atoms with Gasteiger partial charge < -0.3 is 9.84 Å². The van der Waals surface area contributed by atoms with Crippen LogP contribution in [0.5, 0.6) is 5.75 Å². The van der Waals surface area contributed by atoms with Crippen molar-refractivity contribution in [1.82, 2.24) is 9.80 Å². The Kier molecular flexibility index (Phi) is 6.85. The fraction of sp³-hybridized carbons (Fsp3) is 0.611. The normalized spacial score (nSPS) is 20.9. The van der Waals surface area contributed by atoms with Crippen LogP contribution in [0.15, 0.2) is 24.3 Å². The average Bonchev–Trinajstić information content (AvgIpc) is 2.56. The molecule has 2 unspecified atom stereocenters. The van der Waals surface area contributed by atoms with Crippen molar-refractivity contribution >= 4 is 0 Å². The van der Waals surface area contributed by atoms with Gasteiger partial charge in [0.15, 0.2) is 0 Å². The summed E-state index contributed by atoms with van der Waals surface area (Å²) in [6.07, 6.45) is 0.829. The summed E-state index contributed by atoms with van der Waals surface area (Å²) in [6.45, 7) is 9.41. The Balaban J connectivity index is 1.75. The second-order valence-electron chi connectivity index (χ2n) is 6.19. The standard InChI is InChI=1S/C18H27N3O2/c1-3-17-14-20(8-9-21(17)13-15(2)22)10-11-23-18-6-4-16(12-19)5-7-18/h4-7,15,17,22H,3,8-11,13-14H2,1-2H3. The first-order valence-corrected chi connectivity index (χ1v) is 8.39. The van der Waals surface area contributed by atoms with Gasteiger partial charge in [-0.2, -0.15) is 5.26 Å². The van der Waals surface area contributed by atoms with Crippen molar-refractivity contribution < 1.29 is 9.84 Å². The number of rotatable bonds is 7. The lowest BCUT2D eigenvalue weighted by Gasteiger charge is -2.41. The van der Waals surface area contributed by atoms with Crippen molar-refractivity contribution in [3.05, 3.63) is 29.8 Å². The van der Waals surface area contributed by atoms with Crippen LogP contribution >= 0.6 is 0 Å². The Morgan fingerprint density at radius 1 is 1.35 bits per heavy atom. The van der Waals surface area contributed by atoms with E-state index in [1.165, 1.54) is 0 Å². The molecule has 1 heterocycles. The molecule has 0 radical (unpaired) electrons. The molecular weight excluding hydrogens is 290 g/mol. The van der Waals surface area contributed by atoms with Crippen LogP contribution in [-0.2, 0) is 0 Å². The van der Waals surface area contributed by atoms with E-state index in [0.29, 0.717) is 18.2 Å². The van der Waals surface area contributed by atoms with Crippen LogP contribution in [0, 0.1) is 11.3 Å². The summed E-state index contributed by atoms with van der Waals surface area (Å²) in [6, 6.07) is 9.84. The van der Waals surface area contributed by atoms with Crippen molar-refractivity contribution in [1.29, 1.82) is 5.26 Å². The summed E-state index contributed by atoms with van der Waals surface area (Å²) >= 11 is 0. The van der Waals surface area contributed by atoms with Crippen LogP contribution < -0.4 is 4.74 Å². The highest BCUT2D eigenvalue weighted by Gasteiger charge is 2.26. The van der Waals surface area contributed by atoms with E-state index < -0.39 is 0 Å². The first-order chi connectivity index (χ1) is 11.1. The zero-order valence-corrected chi connectivity index (χ0v) is 14.1. The summed E-state index contributed by atoms with van der Waals surface area (Å²) in [7, 11) is 0. The molecule has 1 fully saturated rings. The van der Waals surface area contributed by atoms with Crippen molar-refractivity contribution in [3.8, 4) is 11.8 Å². The van der Waals surface area contributed by atoms with Gasteiger partial charge in [-0.05, 0) is 37.6 Å². The first kappa shape index (κ1) is 17.7. The molecule has 0 aliphatic carbocycles. The average molecular weight is 317 g/mol. The van der Waals surface area contributed by atoms with Crippen molar-refractivity contribution in [2.45, 2.75) is 32.4 Å². The molecule has 23 heavy (non-hydrogen) atoms. The lowest BCUT2D eigenvalue weighted by Crippen LogP contribution is -2.55. The minimum Gasteiger partial charge on any atom is -0.492 e. The Bertz CT molecular complexity index is 510. The molecule has 0 aromatic heterocycles. The Morgan fingerprint density at radius 2 is 2.09 bits per heavy atom. The predicted octanol–water partition coefficient (Wildman–Crippen LogP) is 1.71. The third-order valence-corrected chi connectivity index (χ3v) is 4.32. The lowest BCUT2D eigenvalue weighted by atomic mass is 10.1. The van der Waals surface area contributed by atoms with Crippen LogP contribution in [0.25, 0.3) is 0 Å². The molecular formula is C18H27N3O2. The SMILES string of the molecule is CCC1CN(CCOc2ccc(C#N)cc2)CCN1CC(C)O. The first-order valence-electron chi connectivity index (χ1n) is 8.39. The van der Waals surface area contributed by atoms with E-state index in [4.69, 9.17) is 10.00 Å². The van der Waals surface area contributed by atoms with E-state index in [2.05, 4.69) is 22.8 Å². The molecule has 5 heteroatoms. The number of hydrogen-bond acceptors (Lipinski definition) is 5. The molecule has 0 saturated carbocycles. The highest BCUT2D eigenvalue weighted by atomic mass is 16.5. The Labute approximate surface area is 139 Å². The number of ether oxygens (including phenoxy) is 1. The number of nitriles is 1. The highest BCUT2D eigenvalue weighted by molar-refractivity contribution is 5.34.